The lowest BCUT2D eigenvalue weighted by molar-refractivity contribution is -0.126. The molecule has 1 atom stereocenters. The lowest BCUT2D eigenvalue weighted by Gasteiger charge is -2.34. The lowest BCUT2D eigenvalue weighted by atomic mass is 10.0. The van der Waals surface area contributed by atoms with Crippen molar-refractivity contribution in [2.75, 3.05) is 23.8 Å². The summed E-state index contributed by atoms with van der Waals surface area (Å²) in [5.74, 6) is 0.624. The van der Waals surface area contributed by atoms with Gasteiger partial charge in [-0.1, -0.05) is 24.3 Å². The highest BCUT2D eigenvalue weighted by atomic mass is 16.5. The number of nitrogen functional groups attached to an aromatic ring is 1. The Labute approximate surface area is 135 Å². The fraction of sp³-hybridized carbons (Fsp3) is 0.278. The second-order valence-corrected chi connectivity index (χ2v) is 5.59. The summed E-state index contributed by atoms with van der Waals surface area (Å²) in [5.41, 5.74) is 8.15. The third-order valence-electron chi connectivity index (χ3n) is 3.91. The van der Waals surface area contributed by atoms with Crippen LogP contribution in [0.3, 0.4) is 0 Å². The van der Waals surface area contributed by atoms with E-state index >= 15 is 0 Å². The van der Waals surface area contributed by atoms with Crippen LogP contribution in [0.4, 0.5) is 11.4 Å². The van der Waals surface area contributed by atoms with Crippen LogP contribution in [0.1, 0.15) is 12.0 Å². The number of nitrogens with two attached hydrogens (primary N) is 1. The molecular formula is C18H20N2O3. The number of para-hydroxylation sites is 2. The van der Waals surface area contributed by atoms with Gasteiger partial charge in [-0.3, -0.25) is 4.79 Å². The average Bonchev–Trinajstić information content (AvgIpc) is 2.57. The van der Waals surface area contributed by atoms with Crippen molar-refractivity contribution in [1.29, 1.82) is 0 Å². The Balaban J connectivity index is 1.84. The van der Waals surface area contributed by atoms with Crippen LogP contribution < -0.4 is 15.4 Å². The standard InChI is InChI=1S/C18H20N2O3/c19-14-8-6-13(7-9-14)12-17-18(22)20(10-3-11-21)15-4-1-2-5-16(15)23-17/h1-2,4-9,17,21H,3,10-12,19H2. The van der Waals surface area contributed by atoms with Gasteiger partial charge in [0.25, 0.3) is 5.91 Å². The van der Waals surface area contributed by atoms with Crippen LogP contribution in [0, 0.1) is 0 Å². The topological polar surface area (TPSA) is 75.8 Å². The Kier molecular flexibility index (Phi) is 4.48. The molecular weight excluding hydrogens is 292 g/mol. The minimum Gasteiger partial charge on any atom is -0.478 e. The SMILES string of the molecule is Nc1ccc(CC2Oc3ccccc3N(CCCO)C2=O)cc1. The zero-order valence-electron chi connectivity index (χ0n) is 12.8. The number of hydrogen-bond donors (Lipinski definition) is 2. The van der Waals surface area contributed by atoms with E-state index in [1.807, 2.05) is 48.5 Å². The molecule has 2 aromatic rings. The van der Waals surface area contributed by atoms with Gasteiger partial charge in [-0.25, -0.2) is 0 Å². The predicted molar refractivity (Wildman–Crippen MR) is 89.5 cm³/mol. The van der Waals surface area contributed by atoms with Crippen molar-refractivity contribution in [1.82, 2.24) is 0 Å². The molecule has 120 valence electrons. The molecule has 0 aliphatic carbocycles. The van der Waals surface area contributed by atoms with E-state index in [0.29, 0.717) is 30.8 Å². The predicted octanol–water partition coefficient (Wildman–Crippen LogP) is 1.99. The van der Waals surface area contributed by atoms with E-state index in [1.165, 1.54) is 0 Å². The first-order valence-electron chi connectivity index (χ1n) is 7.71. The third-order valence-corrected chi connectivity index (χ3v) is 3.91. The van der Waals surface area contributed by atoms with Crippen LogP contribution in [-0.2, 0) is 11.2 Å². The summed E-state index contributed by atoms with van der Waals surface area (Å²) in [6.45, 7) is 0.531. The lowest BCUT2D eigenvalue weighted by Crippen LogP contribution is -2.47. The number of benzene rings is 2. The van der Waals surface area contributed by atoms with Gasteiger partial charge in [0.1, 0.15) is 5.75 Å². The van der Waals surface area contributed by atoms with E-state index in [-0.39, 0.29) is 12.5 Å². The van der Waals surface area contributed by atoms with Crippen LogP contribution >= 0.6 is 0 Å². The van der Waals surface area contributed by atoms with E-state index in [2.05, 4.69) is 0 Å². The molecule has 1 unspecified atom stereocenters. The molecule has 0 fully saturated rings. The second-order valence-electron chi connectivity index (χ2n) is 5.59. The average molecular weight is 312 g/mol. The monoisotopic (exact) mass is 312 g/mol. The number of ether oxygens (including phenoxy) is 1. The highest BCUT2D eigenvalue weighted by Gasteiger charge is 2.33. The Morgan fingerprint density at radius 3 is 2.61 bits per heavy atom. The van der Waals surface area contributed by atoms with Crippen molar-refractivity contribution < 1.29 is 14.6 Å². The molecule has 0 bridgehead atoms. The zero-order chi connectivity index (χ0) is 16.2. The Morgan fingerprint density at radius 1 is 1.13 bits per heavy atom. The highest BCUT2D eigenvalue weighted by Crippen LogP contribution is 2.34. The zero-order valence-corrected chi connectivity index (χ0v) is 12.8. The second kappa shape index (κ2) is 6.71. The normalized spacial score (nSPS) is 16.8. The van der Waals surface area contributed by atoms with Gasteiger partial charge in [0.2, 0.25) is 0 Å². The molecule has 23 heavy (non-hydrogen) atoms. The van der Waals surface area contributed by atoms with Crippen LogP contribution in [0.5, 0.6) is 5.75 Å². The molecule has 1 heterocycles. The fourth-order valence-electron chi connectivity index (χ4n) is 2.73. The summed E-state index contributed by atoms with van der Waals surface area (Å²) < 4.78 is 5.90. The first kappa shape index (κ1) is 15.4. The number of nitrogens with zero attached hydrogens (tertiary/aromatic N) is 1. The molecule has 0 spiro atoms. The van der Waals surface area contributed by atoms with E-state index in [1.54, 1.807) is 4.90 Å². The number of anilines is 2. The van der Waals surface area contributed by atoms with Gasteiger partial charge < -0.3 is 20.5 Å². The number of hydrogen-bond acceptors (Lipinski definition) is 4. The maximum atomic E-state index is 12.8. The molecule has 0 saturated heterocycles. The van der Waals surface area contributed by atoms with Gasteiger partial charge in [-0.2, -0.15) is 0 Å². The Bertz CT molecular complexity index is 685. The van der Waals surface area contributed by atoms with E-state index in [0.717, 1.165) is 11.3 Å². The third kappa shape index (κ3) is 3.29. The number of aliphatic hydroxyl groups is 1. The molecule has 1 amide bonds. The first-order chi connectivity index (χ1) is 11.2. The molecule has 2 aromatic carbocycles. The molecule has 0 saturated carbocycles. The summed E-state index contributed by atoms with van der Waals surface area (Å²) in [6.07, 6.45) is 0.463. The van der Waals surface area contributed by atoms with Gasteiger partial charge in [-0.05, 0) is 36.2 Å². The van der Waals surface area contributed by atoms with Gasteiger partial charge in [-0.15, -0.1) is 0 Å². The molecule has 5 nitrogen and oxygen atoms in total. The maximum Gasteiger partial charge on any atom is 0.268 e. The van der Waals surface area contributed by atoms with Crippen molar-refractivity contribution in [2.45, 2.75) is 18.9 Å². The van der Waals surface area contributed by atoms with E-state index in [4.69, 9.17) is 15.6 Å². The molecule has 1 aliphatic rings. The number of fused-ring (bicyclic) bond motifs is 1. The molecule has 0 aromatic heterocycles. The van der Waals surface area contributed by atoms with Crippen molar-refractivity contribution in [3.05, 3.63) is 54.1 Å². The fourth-order valence-corrected chi connectivity index (χ4v) is 2.73. The first-order valence-corrected chi connectivity index (χ1v) is 7.71. The number of amides is 1. The molecule has 1 aliphatic heterocycles. The summed E-state index contributed by atoms with van der Waals surface area (Å²) in [7, 11) is 0. The van der Waals surface area contributed by atoms with Crippen LogP contribution in [0.25, 0.3) is 0 Å². The maximum absolute atomic E-state index is 12.8. The van der Waals surface area contributed by atoms with Crippen LogP contribution in [0.15, 0.2) is 48.5 Å². The number of rotatable bonds is 5. The van der Waals surface area contributed by atoms with Gasteiger partial charge >= 0.3 is 0 Å². The smallest absolute Gasteiger partial charge is 0.268 e. The molecule has 0 radical (unpaired) electrons. The molecule has 3 rings (SSSR count). The van der Waals surface area contributed by atoms with E-state index < -0.39 is 6.10 Å². The van der Waals surface area contributed by atoms with E-state index in [9.17, 15) is 4.79 Å². The quantitative estimate of drug-likeness (QED) is 0.828. The van der Waals surface area contributed by atoms with Crippen molar-refractivity contribution in [2.24, 2.45) is 0 Å². The summed E-state index contributed by atoms with van der Waals surface area (Å²) in [5, 5.41) is 9.08. The summed E-state index contributed by atoms with van der Waals surface area (Å²) in [4.78, 5) is 14.5. The van der Waals surface area contributed by atoms with Crippen molar-refractivity contribution in [3.63, 3.8) is 0 Å². The van der Waals surface area contributed by atoms with Crippen LogP contribution in [-0.4, -0.2) is 30.3 Å². The van der Waals surface area contributed by atoms with Crippen molar-refractivity contribution in [3.8, 4) is 5.75 Å². The minimum absolute atomic E-state index is 0.0510. The van der Waals surface area contributed by atoms with Gasteiger partial charge in [0.05, 0.1) is 5.69 Å². The molecule has 5 heteroatoms. The highest BCUT2D eigenvalue weighted by molar-refractivity contribution is 6.00. The van der Waals surface area contributed by atoms with Crippen LogP contribution in [0.2, 0.25) is 0 Å². The summed E-state index contributed by atoms with van der Waals surface area (Å²) >= 11 is 0. The number of carbonyl (C=O) groups excluding carboxylic acids is 1. The number of carbonyl (C=O) groups is 1. The molecule has 3 N–H and O–H groups in total. The van der Waals surface area contributed by atoms with Gasteiger partial charge in [0, 0.05) is 25.3 Å². The van der Waals surface area contributed by atoms with Crippen molar-refractivity contribution >= 4 is 17.3 Å². The summed E-state index contributed by atoms with van der Waals surface area (Å²) in [6, 6.07) is 14.9. The Morgan fingerprint density at radius 2 is 1.87 bits per heavy atom. The Hall–Kier alpha value is -2.53. The number of aliphatic hydroxyl groups excluding tert-OH is 1. The largest absolute Gasteiger partial charge is 0.478 e. The minimum atomic E-state index is -0.563. The van der Waals surface area contributed by atoms with Gasteiger partial charge in [0.15, 0.2) is 6.10 Å².